The third kappa shape index (κ3) is 6.23. The van der Waals surface area contributed by atoms with Crippen LogP contribution in [0.3, 0.4) is 0 Å². The molecule has 1 aromatic carbocycles. The first-order valence-corrected chi connectivity index (χ1v) is 10.1. The predicted octanol–water partition coefficient (Wildman–Crippen LogP) is 2.49. The highest BCUT2D eigenvalue weighted by Gasteiger charge is 2.18. The Kier molecular flexibility index (Phi) is 7.67. The third-order valence-electron chi connectivity index (χ3n) is 4.97. The van der Waals surface area contributed by atoms with Crippen molar-refractivity contribution in [1.82, 2.24) is 24.9 Å². The van der Waals surface area contributed by atoms with Crippen molar-refractivity contribution in [3.8, 4) is 0 Å². The molecule has 0 amide bonds. The van der Waals surface area contributed by atoms with Crippen molar-refractivity contribution in [2.45, 2.75) is 19.9 Å². The highest BCUT2D eigenvalue weighted by Crippen LogP contribution is 2.05. The lowest BCUT2D eigenvalue weighted by molar-refractivity contribution is 0.194. The lowest BCUT2D eigenvalue weighted by Gasteiger charge is -2.36. The van der Waals surface area contributed by atoms with Crippen molar-refractivity contribution in [1.29, 1.82) is 0 Å². The molecule has 0 unspecified atom stereocenters. The average Bonchev–Trinajstić information content (AvgIpc) is 3.15. The molecule has 6 nitrogen and oxygen atoms in total. The first kappa shape index (κ1) is 20.1. The van der Waals surface area contributed by atoms with Crippen LogP contribution in [0.25, 0.3) is 6.08 Å². The fourth-order valence-electron chi connectivity index (χ4n) is 3.41. The van der Waals surface area contributed by atoms with E-state index >= 15 is 0 Å². The summed E-state index contributed by atoms with van der Waals surface area (Å²) in [6.45, 7) is 9.05. The van der Waals surface area contributed by atoms with Crippen LogP contribution in [0.4, 0.5) is 0 Å². The van der Waals surface area contributed by atoms with Gasteiger partial charge in [0, 0.05) is 59.1 Å². The van der Waals surface area contributed by atoms with E-state index in [0.29, 0.717) is 0 Å². The second kappa shape index (κ2) is 10.7. The van der Waals surface area contributed by atoms with Crippen molar-refractivity contribution >= 4 is 12.0 Å². The van der Waals surface area contributed by atoms with Crippen LogP contribution in [0.1, 0.15) is 17.5 Å². The minimum absolute atomic E-state index is 0.908. The van der Waals surface area contributed by atoms with Crippen LogP contribution in [-0.4, -0.2) is 71.9 Å². The highest BCUT2D eigenvalue weighted by atomic mass is 15.3. The Bertz CT molecular complexity index is 756. The van der Waals surface area contributed by atoms with Gasteiger partial charge in [-0.3, -0.25) is 14.6 Å². The van der Waals surface area contributed by atoms with E-state index in [0.717, 1.165) is 58.2 Å². The molecule has 0 bridgehead atoms. The largest absolute Gasteiger partial charge is 0.356 e. The van der Waals surface area contributed by atoms with E-state index in [-0.39, 0.29) is 0 Å². The summed E-state index contributed by atoms with van der Waals surface area (Å²) in [5, 5.41) is 7.83. The first-order chi connectivity index (χ1) is 13.7. The summed E-state index contributed by atoms with van der Waals surface area (Å²) in [6.07, 6.45) is 9.48. The maximum absolute atomic E-state index is 4.46. The Hall–Kier alpha value is -2.60. The number of piperazine rings is 1. The molecule has 1 N–H and O–H groups in total. The molecule has 1 aromatic heterocycles. The van der Waals surface area contributed by atoms with Gasteiger partial charge in [-0.05, 0) is 24.5 Å². The zero-order valence-corrected chi connectivity index (χ0v) is 17.1. The van der Waals surface area contributed by atoms with E-state index < -0.39 is 0 Å². The minimum atomic E-state index is 0.908. The fraction of sp³-hybridized carbons (Fsp3) is 0.455. The Morgan fingerprint density at radius 1 is 1.18 bits per heavy atom. The van der Waals surface area contributed by atoms with Crippen LogP contribution in [-0.2, 0) is 6.54 Å². The van der Waals surface area contributed by atoms with E-state index in [2.05, 4.69) is 80.8 Å². The topological polar surface area (TPSA) is 48.7 Å². The molecule has 0 spiro atoms. The molecule has 0 aliphatic carbocycles. The smallest absolute Gasteiger partial charge is 0.193 e. The fourth-order valence-corrected chi connectivity index (χ4v) is 3.41. The van der Waals surface area contributed by atoms with E-state index in [1.54, 1.807) is 0 Å². The molecule has 0 atom stereocenters. The summed E-state index contributed by atoms with van der Waals surface area (Å²) in [4.78, 5) is 9.31. The number of hydrogen-bond donors (Lipinski definition) is 1. The Labute approximate surface area is 168 Å². The molecule has 0 saturated carbocycles. The van der Waals surface area contributed by atoms with Gasteiger partial charge in [0.1, 0.15) is 0 Å². The van der Waals surface area contributed by atoms with Crippen LogP contribution in [0, 0.1) is 6.92 Å². The average molecular weight is 381 g/mol. The number of guanidine groups is 1. The van der Waals surface area contributed by atoms with Crippen LogP contribution in [0.5, 0.6) is 0 Å². The summed E-state index contributed by atoms with van der Waals surface area (Å²) in [7, 11) is 1.87. The Morgan fingerprint density at radius 3 is 2.64 bits per heavy atom. The maximum Gasteiger partial charge on any atom is 0.193 e. The number of rotatable bonds is 7. The van der Waals surface area contributed by atoms with Gasteiger partial charge < -0.3 is 10.2 Å². The number of aryl methyl sites for hydroxylation is 2. The second-order valence-electron chi connectivity index (χ2n) is 7.21. The molecule has 1 aliphatic rings. The maximum atomic E-state index is 4.46. The van der Waals surface area contributed by atoms with Crippen LogP contribution in [0.2, 0.25) is 0 Å². The van der Waals surface area contributed by atoms with Crippen molar-refractivity contribution in [3.05, 3.63) is 59.9 Å². The quantitative estimate of drug-likeness (QED) is 0.455. The molecule has 2 heterocycles. The Balaban J connectivity index is 1.35. The molecular formula is C22H32N6. The molecule has 2 aromatic rings. The van der Waals surface area contributed by atoms with Crippen LogP contribution >= 0.6 is 0 Å². The third-order valence-corrected chi connectivity index (χ3v) is 4.97. The van der Waals surface area contributed by atoms with Crippen molar-refractivity contribution < 1.29 is 0 Å². The van der Waals surface area contributed by atoms with Gasteiger partial charge in [0.15, 0.2) is 5.96 Å². The lowest BCUT2D eigenvalue weighted by Crippen LogP contribution is -2.52. The highest BCUT2D eigenvalue weighted by molar-refractivity contribution is 5.79. The van der Waals surface area contributed by atoms with Gasteiger partial charge in [-0.15, -0.1) is 0 Å². The molecule has 3 rings (SSSR count). The van der Waals surface area contributed by atoms with Crippen LogP contribution in [0.15, 0.2) is 53.8 Å². The SMILES string of the molecule is CN=C(NCCCn1cc(C)cn1)N1CCN(C/C=C/c2ccccc2)CC1. The van der Waals surface area contributed by atoms with Crippen molar-refractivity contribution in [2.24, 2.45) is 4.99 Å². The molecule has 1 aliphatic heterocycles. The minimum Gasteiger partial charge on any atom is -0.356 e. The summed E-state index contributed by atoms with van der Waals surface area (Å²) in [5.74, 6) is 1.01. The predicted molar refractivity (Wildman–Crippen MR) is 116 cm³/mol. The zero-order valence-electron chi connectivity index (χ0n) is 17.1. The first-order valence-electron chi connectivity index (χ1n) is 10.1. The second-order valence-corrected chi connectivity index (χ2v) is 7.21. The molecular weight excluding hydrogens is 348 g/mol. The molecule has 6 heteroatoms. The number of nitrogens with one attached hydrogen (secondary N) is 1. The summed E-state index contributed by atoms with van der Waals surface area (Å²) >= 11 is 0. The van der Waals surface area contributed by atoms with E-state index in [1.807, 2.05) is 17.9 Å². The van der Waals surface area contributed by atoms with Gasteiger partial charge in [-0.1, -0.05) is 42.5 Å². The molecule has 1 saturated heterocycles. The summed E-state index contributed by atoms with van der Waals surface area (Å²) in [5.41, 5.74) is 2.47. The summed E-state index contributed by atoms with van der Waals surface area (Å²) in [6, 6.07) is 10.5. The molecule has 150 valence electrons. The number of benzene rings is 1. The van der Waals surface area contributed by atoms with Crippen LogP contribution < -0.4 is 5.32 Å². The normalized spacial score (nSPS) is 16.1. The van der Waals surface area contributed by atoms with Crippen molar-refractivity contribution in [3.63, 3.8) is 0 Å². The zero-order chi connectivity index (χ0) is 19.6. The van der Waals surface area contributed by atoms with Crippen molar-refractivity contribution in [2.75, 3.05) is 46.3 Å². The van der Waals surface area contributed by atoms with Gasteiger partial charge in [-0.25, -0.2) is 0 Å². The van der Waals surface area contributed by atoms with Gasteiger partial charge >= 0.3 is 0 Å². The van der Waals surface area contributed by atoms with E-state index in [9.17, 15) is 0 Å². The van der Waals surface area contributed by atoms with Gasteiger partial charge in [0.2, 0.25) is 0 Å². The summed E-state index contributed by atoms with van der Waals surface area (Å²) < 4.78 is 2.00. The number of aromatic nitrogens is 2. The Morgan fingerprint density at radius 2 is 1.96 bits per heavy atom. The van der Waals surface area contributed by atoms with Gasteiger partial charge in [-0.2, -0.15) is 5.10 Å². The van der Waals surface area contributed by atoms with Gasteiger partial charge in [0.05, 0.1) is 6.20 Å². The molecule has 1 fully saturated rings. The number of hydrogen-bond acceptors (Lipinski definition) is 3. The standard InChI is InChI=1S/C22H32N6/c1-20-18-25-28(19-20)13-7-11-24-22(23-2)27-16-14-26(15-17-27)12-6-10-21-8-4-3-5-9-21/h3-6,8-10,18-19H,7,11-17H2,1-2H3,(H,23,24)/b10-6+. The molecule has 28 heavy (non-hydrogen) atoms. The number of nitrogens with zero attached hydrogens (tertiary/aromatic N) is 5. The van der Waals surface area contributed by atoms with E-state index in [4.69, 9.17) is 0 Å². The monoisotopic (exact) mass is 380 g/mol. The lowest BCUT2D eigenvalue weighted by atomic mass is 10.2. The molecule has 0 radical (unpaired) electrons. The van der Waals surface area contributed by atoms with Gasteiger partial charge in [0.25, 0.3) is 0 Å². The van der Waals surface area contributed by atoms with E-state index in [1.165, 1.54) is 11.1 Å². The number of aliphatic imine (C=N–C) groups is 1.